The Morgan fingerprint density at radius 2 is 2.11 bits per heavy atom. The lowest BCUT2D eigenvalue weighted by molar-refractivity contribution is 0.584. The molecule has 102 valence electrons. The van der Waals surface area contributed by atoms with Crippen LogP contribution in [0.25, 0.3) is 10.8 Å². The molecule has 6 heteroatoms. The largest absolute Gasteiger partial charge is 0.318 e. The number of fused-ring (bicyclic) bond motifs is 1. The van der Waals surface area contributed by atoms with E-state index in [0.29, 0.717) is 12.2 Å². The molecule has 0 aliphatic rings. The maximum atomic E-state index is 12.2. The molecule has 0 spiro atoms. The first-order valence-corrected chi connectivity index (χ1v) is 7.58. The Bertz CT molecular complexity index is 665. The molecule has 0 aliphatic carbocycles. The van der Waals surface area contributed by atoms with Crippen molar-refractivity contribution in [3.8, 4) is 0 Å². The Labute approximate surface area is 113 Å². The number of benzene rings is 1. The molecule has 1 atom stereocenters. The van der Waals surface area contributed by atoms with Crippen LogP contribution in [-0.2, 0) is 10.0 Å². The molecule has 0 bridgehead atoms. The highest BCUT2D eigenvalue weighted by Crippen LogP contribution is 2.23. The summed E-state index contributed by atoms with van der Waals surface area (Å²) in [7, 11) is -1.68. The predicted octanol–water partition coefficient (Wildman–Crippen LogP) is 1.58. The Hall–Kier alpha value is -1.66. The van der Waals surface area contributed by atoms with Crippen LogP contribution in [0, 0.1) is 0 Å². The molecule has 19 heavy (non-hydrogen) atoms. The number of nitrogens with zero attached hydrogens (tertiary/aromatic N) is 1. The summed E-state index contributed by atoms with van der Waals surface area (Å²) in [6.45, 7) is 2.07. The second kappa shape index (κ2) is 5.54. The van der Waals surface area contributed by atoms with Crippen molar-refractivity contribution in [2.24, 2.45) is 0 Å². The fraction of sp³-hybridized carbons (Fsp3) is 0.308. The van der Waals surface area contributed by atoms with Gasteiger partial charge in [-0.15, -0.1) is 0 Å². The van der Waals surface area contributed by atoms with Gasteiger partial charge in [-0.2, -0.15) is 0 Å². The van der Waals surface area contributed by atoms with Gasteiger partial charge in [-0.3, -0.25) is 9.71 Å². The first-order valence-electron chi connectivity index (χ1n) is 6.03. The minimum atomic E-state index is -3.41. The Balaban J connectivity index is 2.36. The fourth-order valence-corrected chi connectivity index (χ4v) is 2.93. The quantitative estimate of drug-likeness (QED) is 0.872. The molecule has 0 saturated carbocycles. The summed E-state index contributed by atoms with van der Waals surface area (Å²) in [5.74, 6) is 0. The van der Waals surface area contributed by atoms with Crippen molar-refractivity contribution < 1.29 is 8.42 Å². The number of pyridine rings is 1. The lowest BCUT2D eigenvalue weighted by Gasteiger charge is -2.15. The van der Waals surface area contributed by atoms with Crippen LogP contribution >= 0.6 is 0 Å². The monoisotopic (exact) mass is 279 g/mol. The number of anilines is 1. The van der Waals surface area contributed by atoms with E-state index in [1.807, 2.05) is 18.2 Å². The van der Waals surface area contributed by atoms with E-state index < -0.39 is 15.3 Å². The highest BCUT2D eigenvalue weighted by molar-refractivity contribution is 7.93. The van der Waals surface area contributed by atoms with Gasteiger partial charge in [0, 0.05) is 24.3 Å². The van der Waals surface area contributed by atoms with Crippen molar-refractivity contribution in [1.82, 2.24) is 10.3 Å². The first kappa shape index (κ1) is 13.8. The van der Waals surface area contributed by atoms with Crippen LogP contribution in [0.1, 0.15) is 6.92 Å². The van der Waals surface area contributed by atoms with Gasteiger partial charge in [0.2, 0.25) is 10.0 Å². The van der Waals surface area contributed by atoms with Crippen molar-refractivity contribution in [3.05, 3.63) is 36.7 Å². The minimum absolute atomic E-state index is 0.401. The van der Waals surface area contributed by atoms with Gasteiger partial charge in [-0.05, 0) is 31.5 Å². The molecule has 0 radical (unpaired) electrons. The average Bonchev–Trinajstić information content (AvgIpc) is 2.39. The fourth-order valence-electron chi connectivity index (χ4n) is 1.85. The lowest BCUT2D eigenvalue weighted by atomic mass is 10.1. The topological polar surface area (TPSA) is 71.1 Å². The van der Waals surface area contributed by atoms with Crippen LogP contribution in [0.15, 0.2) is 36.7 Å². The van der Waals surface area contributed by atoms with Crippen molar-refractivity contribution >= 4 is 26.5 Å². The Morgan fingerprint density at radius 3 is 2.84 bits per heavy atom. The van der Waals surface area contributed by atoms with Gasteiger partial charge in [0.15, 0.2) is 0 Å². The molecule has 1 aromatic carbocycles. The van der Waals surface area contributed by atoms with Crippen LogP contribution < -0.4 is 10.0 Å². The zero-order chi connectivity index (χ0) is 13.9. The summed E-state index contributed by atoms with van der Waals surface area (Å²) < 4.78 is 27.0. The molecule has 1 unspecified atom stereocenters. The molecule has 0 saturated heterocycles. The van der Waals surface area contributed by atoms with Gasteiger partial charge in [0.25, 0.3) is 0 Å². The standard InChI is InChI=1S/C13H17N3O2S/c1-10(8-14-2)19(17,18)16-13-5-3-4-11-6-7-15-9-12(11)13/h3-7,9-10,14,16H,8H2,1-2H3. The van der Waals surface area contributed by atoms with E-state index in [2.05, 4.69) is 15.0 Å². The molecular weight excluding hydrogens is 262 g/mol. The molecule has 2 rings (SSSR count). The third-order valence-corrected chi connectivity index (χ3v) is 4.69. The van der Waals surface area contributed by atoms with E-state index in [-0.39, 0.29) is 0 Å². The second-order valence-corrected chi connectivity index (χ2v) is 6.52. The van der Waals surface area contributed by atoms with E-state index >= 15 is 0 Å². The van der Waals surface area contributed by atoms with Crippen molar-refractivity contribution in [2.75, 3.05) is 18.3 Å². The maximum Gasteiger partial charge on any atom is 0.236 e. The van der Waals surface area contributed by atoms with Crippen LogP contribution in [0.5, 0.6) is 0 Å². The highest BCUT2D eigenvalue weighted by atomic mass is 32.2. The zero-order valence-corrected chi connectivity index (χ0v) is 11.7. The molecular formula is C13H17N3O2S. The average molecular weight is 279 g/mol. The van der Waals surface area contributed by atoms with E-state index in [1.165, 1.54) is 0 Å². The molecule has 2 N–H and O–H groups in total. The van der Waals surface area contributed by atoms with Gasteiger partial charge < -0.3 is 5.32 Å². The molecule has 1 aromatic heterocycles. The Morgan fingerprint density at radius 1 is 1.32 bits per heavy atom. The van der Waals surface area contributed by atoms with Gasteiger partial charge in [0.05, 0.1) is 10.9 Å². The van der Waals surface area contributed by atoms with E-state index in [0.717, 1.165) is 10.8 Å². The maximum absolute atomic E-state index is 12.2. The summed E-state index contributed by atoms with van der Waals surface area (Å²) in [6, 6.07) is 7.34. The highest BCUT2D eigenvalue weighted by Gasteiger charge is 2.20. The summed E-state index contributed by atoms with van der Waals surface area (Å²) in [6.07, 6.45) is 3.35. The molecule has 0 aliphatic heterocycles. The third kappa shape index (κ3) is 3.02. The normalized spacial score (nSPS) is 13.4. The molecule has 1 heterocycles. The van der Waals surface area contributed by atoms with Gasteiger partial charge >= 0.3 is 0 Å². The molecule has 0 amide bonds. The number of sulfonamides is 1. The number of rotatable bonds is 5. The minimum Gasteiger partial charge on any atom is -0.318 e. The second-order valence-electron chi connectivity index (χ2n) is 4.42. The lowest BCUT2D eigenvalue weighted by Crippen LogP contribution is -2.33. The predicted molar refractivity (Wildman–Crippen MR) is 77.7 cm³/mol. The van der Waals surface area contributed by atoms with E-state index in [1.54, 1.807) is 32.4 Å². The number of aromatic nitrogens is 1. The Kier molecular flexibility index (Phi) is 4.01. The van der Waals surface area contributed by atoms with Crippen LogP contribution in [0.4, 0.5) is 5.69 Å². The zero-order valence-electron chi connectivity index (χ0n) is 10.9. The van der Waals surface area contributed by atoms with Crippen molar-refractivity contribution in [3.63, 3.8) is 0 Å². The summed E-state index contributed by atoms with van der Waals surface area (Å²) in [5.41, 5.74) is 0.563. The van der Waals surface area contributed by atoms with Crippen LogP contribution in [0.2, 0.25) is 0 Å². The molecule has 5 nitrogen and oxygen atoms in total. The van der Waals surface area contributed by atoms with Crippen molar-refractivity contribution in [1.29, 1.82) is 0 Å². The van der Waals surface area contributed by atoms with Gasteiger partial charge in [-0.1, -0.05) is 12.1 Å². The van der Waals surface area contributed by atoms with Crippen molar-refractivity contribution in [2.45, 2.75) is 12.2 Å². The SMILES string of the molecule is CNCC(C)S(=O)(=O)Nc1cccc2ccncc12. The van der Waals surface area contributed by atoms with E-state index in [9.17, 15) is 8.42 Å². The van der Waals surface area contributed by atoms with Crippen LogP contribution in [0.3, 0.4) is 0 Å². The first-order chi connectivity index (χ1) is 9.04. The smallest absolute Gasteiger partial charge is 0.236 e. The number of hydrogen-bond donors (Lipinski definition) is 2. The number of hydrogen-bond acceptors (Lipinski definition) is 4. The number of nitrogens with one attached hydrogen (secondary N) is 2. The van der Waals surface area contributed by atoms with Crippen LogP contribution in [-0.4, -0.2) is 32.2 Å². The molecule has 2 aromatic rings. The van der Waals surface area contributed by atoms with Gasteiger partial charge in [0.1, 0.15) is 0 Å². The summed E-state index contributed by atoms with van der Waals surface area (Å²) in [4.78, 5) is 4.04. The summed E-state index contributed by atoms with van der Waals surface area (Å²) >= 11 is 0. The van der Waals surface area contributed by atoms with Gasteiger partial charge in [-0.25, -0.2) is 8.42 Å². The molecule has 0 fully saturated rings. The third-order valence-electron chi connectivity index (χ3n) is 2.96. The summed E-state index contributed by atoms with van der Waals surface area (Å²) in [5, 5.41) is 4.11. The van der Waals surface area contributed by atoms with E-state index in [4.69, 9.17) is 0 Å².